The number of aryl methyl sites for hydroxylation is 1. The van der Waals surface area contributed by atoms with E-state index < -0.39 is 10.0 Å². The molecule has 0 radical (unpaired) electrons. The lowest BCUT2D eigenvalue weighted by Gasteiger charge is -2.24. The van der Waals surface area contributed by atoms with E-state index in [4.69, 9.17) is 4.74 Å². The molecule has 1 atom stereocenters. The van der Waals surface area contributed by atoms with E-state index in [1.807, 2.05) is 19.1 Å². The van der Waals surface area contributed by atoms with Gasteiger partial charge in [0.15, 0.2) is 0 Å². The Morgan fingerprint density at radius 1 is 1.17 bits per heavy atom. The predicted molar refractivity (Wildman–Crippen MR) is 113 cm³/mol. The fourth-order valence-electron chi connectivity index (χ4n) is 3.62. The van der Waals surface area contributed by atoms with Crippen LogP contribution in [-0.2, 0) is 10.0 Å². The molecule has 156 valence electrons. The summed E-state index contributed by atoms with van der Waals surface area (Å²) in [5, 5.41) is 3.17. The second kappa shape index (κ2) is 8.37. The van der Waals surface area contributed by atoms with Crippen LogP contribution in [0.4, 0.5) is 11.6 Å². The van der Waals surface area contributed by atoms with Gasteiger partial charge in [-0.3, -0.25) is 4.98 Å². The second-order valence-corrected chi connectivity index (χ2v) is 8.91. The van der Waals surface area contributed by atoms with E-state index in [0.29, 0.717) is 36.0 Å². The number of hydrogen-bond acceptors (Lipinski definition) is 7. The van der Waals surface area contributed by atoms with Crippen molar-refractivity contribution in [2.45, 2.75) is 30.7 Å². The highest BCUT2D eigenvalue weighted by molar-refractivity contribution is 7.89. The van der Waals surface area contributed by atoms with Crippen molar-refractivity contribution in [3.05, 3.63) is 66.2 Å². The Balaban J connectivity index is 1.65. The third kappa shape index (κ3) is 3.86. The molecule has 1 aliphatic heterocycles. The van der Waals surface area contributed by atoms with Gasteiger partial charge in [-0.1, -0.05) is 18.2 Å². The lowest BCUT2D eigenvalue weighted by Crippen LogP contribution is -2.31. The Kier molecular flexibility index (Phi) is 5.65. The zero-order valence-electron chi connectivity index (χ0n) is 16.8. The smallest absolute Gasteiger partial charge is 0.247 e. The van der Waals surface area contributed by atoms with Crippen LogP contribution in [0.5, 0.6) is 5.75 Å². The van der Waals surface area contributed by atoms with Gasteiger partial charge in [0, 0.05) is 12.7 Å². The number of nitrogens with one attached hydrogen (secondary N) is 1. The summed E-state index contributed by atoms with van der Waals surface area (Å²) in [5.41, 5.74) is 1.58. The van der Waals surface area contributed by atoms with Gasteiger partial charge >= 0.3 is 0 Å². The van der Waals surface area contributed by atoms with Crippen molar-refractivity contribution in [1.29, 1.82) is 0 Å². The molecular weight excluding hydrogens is 402 g/mol. The van der Waals surface area contributed by atoms with E-state index in [1.165, 1.54) is 11.4 Å². The zero-order chi connectivity index (χ0) is 21.1. The Bertz CT molecular complexity index is 1150. The minimum atomic E-state index is -3.75. The average Bonchev–Trinajstić information content (AvgIpc) is 3.26. The van der Waals surface area contributed by atoms with Crippen LogP contribution >= 0.6 is 0 Å². The Hall–Kier alpha value is -3.04. The number of methoxy groups -OCH3 is 1. The Morgan fingerprint density at radius 2 is 2.00 bits per heavy atom. The lowest BCUT2D eigenvalue weighted by molar-refractivity contribution is 0.377. The Morgan fingerprint density at radius 3 is 2.80 bits per heavy atom. The molecule has 1 aliphatic rings. The van der Waals surface area contributed by atoms with Crippen molar-refractivity contribution in [1.82, 2.24) is 19.3 Å². The van der Waals surface area contributed by atoms with Gasteiger partial charge in [0.25, 0.3) is 0 Å². The molecular formula is C21H23N5O3S. The van der Waals surface area contributed by atoms with E-state index in [0.717, 1.165) is 12.0 Å². The van der Waals surface area contributed by atoms with Crippen LogP contribution in [0.2, 0.25) is 0 Å². The number of pyridine rings is 1. The van der Waals surface area contributed by atoms with Gasteiger partial charge in [0.2, 0.25) is 10.0 Å². The highest BCUT2D eigenvalue weighted by Crippen LogP contribution is 2.38. The predicted octanol–water partition coefficient (Wildman–Crippen LogP) is 3.46. The molecule has 0 aliphatic carbocycles. The molecule has 1 fully saturated rings. The van der Waals surface area contributed by atoms with Crippen LogP contribution in [0.15, 0.2) is 59.9 Å². The van der Waals surface area contributed by atoms with E-state index >= 15 is 0 Å². The number of hydrogen-bond donors (Lipinski definition) is 1. The minimum Gasteiger partial charge on any atom is -0.495 e. The van der Waals surface area contributed by atoms with Crippen LogP contribution in [0.1, 0.15) is 30.1 Å². The molecule has 1 saturated heterocycles. The standard InChI is InChI=1S/C21H23N5O3S/c1-15-7-5-11-23-21(15)25-20-14-22-13-16(24-20)17-8-6-12-26(17)30(27,28)19-10-4-3-9-18(19)29-2/h3-5,7,9-11,13-14,17H,6,8,12H2,1-2H3,(H,23,24,25)/t17-/m1/s1. The monoisotopic (exact) mass is 425 g/mol. The van der Waals surface area contributed by atoms with Gasteiger partial charge in [-0.15, -0.1) is 0 Å². The minimum absolute atomic E-state index is 0.158. The second-order valence-electron chi connectivity index (χ2n) is 7.05. The summed E-state index contributed by atoms with van der Waals surface area (Å²) in [7, 11) is -2.28. The van der Waals surface area contributed by atoms with Crippen LogP contribution in [-0.4, -0.2) is 41.3 Å². The summed E-state index contributed by atoms with van der Waals surface area (Å²) in [6.45, 7) is 2.37. The number of rotatable bonds is 6. The summed E-state index contributed by atoms with van der Waals surface area (Å²) in [4.78, 5) is 13.4. The summed E-state index contributed by atoms with van der Waals surface area (Å²) in [5.74, 6) is 1.54. The molecule has 0 saturated carbocycles. The summed E-state index contributed by atoms with van der Waals surface area (Å²) in [6.07, 6.45) is 6.35. The maximum Gasteiger partial charge on any atom is 0.247 e. The molecule has 30 heavy (non-hydrogen) atoms. The van der Waals surface area contributed by atoms with Gasteiger partial charge < -0.3 is 10.1 Å². The molecule has 3 heterocycles. The third-order valence-corrected chi connectivity index (χ3v) is 7.06. The van der Waals surface area contributed by atoms with Crippen LogP contribution in [0, 0.1) is 6.92 Å². The molecule has 8 nitrogen and oxygen atoms in total. The number of aromatic nitrogens is 3. The number of sulfonamides is 1. The van der Waals surface area contributed by atoms with Crippen molar-refractivity contribution in [2.24, 2.45) is 0 Å². The normalized spacial score (nSPS) is 17.1. The molecule has 1 aromatic carbocycles. The van der Waals surface area contributed by atoms with E-state index in [9.17, 15) is 8.42 Å². The van der Waals surface area contributed by atoms with E-state index in [1.54, 1.807) is 42.9 Å². The van der Waals surface area contributed by atoms with Gasteiger partial charge in [0.1, 0.15) is 22.3 Å². The lowest BCUT2D eigenvalue weighted by atomic mass is 10.2. The first kappa shape index (κ1) is 20.2. The highest BCUT2D eigenvalue weighted by Gasteiger charge is 2.38. The average molecular weight is 426 g/mol. The molecule has 3 aromatic rings. The van der Waals surface area contributed by atoms with Crippen molar-refractivity contribution in [2.75, 3.05) is 19.0 Å². The largest absolute Gasteiger partial charge is 0.495 e. The number of anilines is 2. The summed E-state index contributed by atoms with van der Waals surface area (Å²) >= 11 is 0. The van der Waals surface area contributed by atoms with Gasteiger partial charge in [-0.2, -0.15) is 4.31 Å². The quantitative estimate of drug-likeness (QED) is 0.646. The third-order valence-electron chi connectivity index (χ3n) is 5.11. The van der Waals surface area contributed by atoms with Crippen molar-refractivity contribution in [3.8, 4) is 5.75 Å². The number of nitrogens with zero attached hydrogens (tertiary/aromatic N) is 4. The van der Waals surface area contributed by atoms with Crippen molar-refractivity contribution in [3.63, 3.8) is 0 Å². The summed E-state index contributed by atoms with van der Waals surface area (Å²) in [6, 6.07) is 10.1. The fraction of sp³-hybridized carbons (Fsp3) is 0.286. The maximum absolute atomic E-state index is 13.4. The van der Waals surface area contributed by atoms with Crippen LogP contribution in [0.25, 0.3) is 0 Å². The van der Waals surface area contributed by atoms with Gasteiger partial charge in [-0.25, -0.2) is 18.4 Å². The molecule has 0 amide bonds. The number of benzene rings is 1. The topological polar surface area (TPSA) is 97.3 Å². The molecule has 9 heteroatoms. The summed E-state index contributed by atoms with van der Waals surface area (Å²) < 4.78 is 33.6. The highest BCUT2D eigenvalue weighted by atomic mass is 32.2. The molecule has 0 bridgehead atoms. The van der Waals surface area contributed by atoms with Crippen molar-refractivity contribution >= 4 is 21.7 Å². The first-order valence-corrected chi connectivity index (χ1v) is 11.1. The molecule has 0 unspecified atom stereocenters. The first-order valence-electron chi connectivity index (χ1n) is 9.66. The van der Waals surface area contributed by atoms with E-state index in [2.05, 4.69) is 20.3 Å². The number of ether oxygens (including phenoxy) is 1. The molecule has 1 N–H and O–H groups in total. The van der Waals surface area contributed by atoms with Crippen LogP contribution in [0.3, 0.4) is 0 Å². The maximum atomic E-state index is 13.4. The molecule has 0 spiro atoms. The van der Waals surface area contributed by atoms with E-state index in [-0.39, 0.29) is 10.9 Å². The van der Waals surface area contributed by atoms with Crippen molar-refractivity contribution < 1.29 is 13.2 Å². The van der Waals surface area contributed by atoms with Crippen LogP contribution < -0.4 is 10.1 Å². The zero-order valence-corrected chi connectivity index (χ0v) is 17.6. The van der Waals surface area contributed by atoms with Gasteiger partial charge in [-0.05, 0) is 43.5 Å². The number of para-hydroxylation sites is 1. The fourth-order valence-corrected chi connectivity index (χ4v) is 5.45. The SMILES string of the molecule is COc1ccccc1S(=O)(=O)N1CCC[C@@H]1c1cncc(Nc2ncccc2C)n1. The first-order chi connectivity index (χ1) is 14.5. The molecule has 4 rings (SSSR count). The Labute approximate surface area is 176 Å². The molecule has 2 aromatic heterocycles. The van der Waals surface area contributed by atoms with Gasteiger partial charge in [0.05, 0.1) is 31.2 Å².